The lowest BCUT2D eigenvalue weighted by Crippen LogP contribution is -2.21. The van der Waals surface area contributed by atoms with E-state index in [4.69, 9.17) is 4.42 Å². The summed E-state index contributed by atoms with van der Waals surface area (Å²) in [7, 11) is 2.03. The first-order chi connectivity index (χ1) is 9.15. The molecule has 102 valence electrons. The van der Waals surface area contributed by atoms with Crippen molar-refractivity contribution in [1.29, 1.82) is 0 Å². The van der Waals surface area contributed by atoms with Crippen LogP contribution in [0.4, 0.5) is 0 Å². The molecule has 0 amide bonds. The van der Waals surface area contributed by atoms with Gasteiger partial charge in [-0.3, -0.25) is 4.90 Å². The van der Waals surface area contributed by atoms with E-state index in [2.05, 4.69) is 4.90 Å². The van der Waals surface area contributed by atoms with E-state index < -0.39 is 0 Å². The predicted molar refractivity (Wildman–Crippen MR) is 76.8 cm³/mol. The maximum atomic E-state index is 9.27. The highest BCUT2D eigenvalue weighted by atomic mass is 16.3. The molecule has 0 saturated carbocycles. The number of nitrogens with zero attached hydrogens (tertiary/aromatic N) is 1. The van der Waals surface area contributed by atoms with Crippen molar-refractivity contribution < 1.29 is 9.52 Å². The van der Waals surface area contributed by atoms with Crippen molar-refractivity contribution in [3.63, 3.8) is 0 Å². The number of benzene rings is 1. The topological polar surface area (TPSA) is 36.6 Å². The van der Waals surface area contributed by atoms with Crippen LogP contribution < -0.4 is 0 Å². The van der Waals surface area contributed by atoms with Gasteiger partial charge in [0.25, 0.3) is 0 Å². The minimum atomic E-state index is -0.251. The Labute approximate surface area is 114 Å². The van der Waals surface area contributed by atoms with Gasteiger partial charge in [-0.25, -0.2) is 0 Å². The molecule has 1 aromatic carbocycles. The molecule has 3 nitrogen and oxygen atoms in total. The van der Waals surface area contributed by atoms with Gasteiger partial charge in [-0.2, -0.15) is 0 Å². The molecule has 19 heavy (non-hydrogen) atoms. The molecule has 0 bridgehead atoms. The highest BCUT2D eigenvalue weighted by molar-refractivity contribution is 5.57. The lowest BCUT2D eigenvalue weighted by molar-refractivity contribution is 0.160. The van der Waals surface area contributed by atoms with Crippen LogP contribution in [0.3, 0.4) is 0 Å². The van der Waals surface area contributed by atoms with Crippen LogP contribution in [0, 0.1) is 0 Å². The SMILES string of the molecule is CC(O)CCN(C)Cc1ccc(-c2ccccc2)o1. The molecular formula is C16H21NO2. The molecule has 2 aromatic rings. The van der Waals surface area contributed by atoms with Crippen molar-refractivity contribution in [1.82, 2.24) is 4.90 Å². The van der Waals surface area contributed by atoms with Gasteiger partial charge in [-0.1, -0.05) is 30.3 Å². The van der Waals surface area contributed by atoms with Crippen molar-refractivity contribution in [2.24, 2.45) is 0 Å². The van der Waals surface area contributed by atoms with E-state index in [-0.39, 0.29) is 6.10 Å². The van der Waals surface area contributed by atoms with Crippen LogP contribution in [0.15, 0.2) is 46.9 Å². The molecule has 0 aliphatic heterocycles. The largest absolute Gasteiger partial charge is 0.460 e. The van der Waals surface area contributed by atoms with E-state index in [1.165, 1.54) is 0 Å². The minimum Gasteiger partial charge on any atom is -0.460 e. The summed E-state index contributed by atoms with van der Waals surface area (Å²) in [6.07, 6.45) is 0.530. The molecule has 0 aliphatic rings. The molecule has 0 aliphatic carbocycles. The van der Waals surface area contributed by atoms with E-state index in [1.807, 2.05) is 56.4 Å². The lowest BCUT2D eigenvalue weighted by Gasteiger charge is -2.15. The van der Waals surface area contributed by atoms with Gasteiger partial charge in [0.05, 0.1) is 12.6 Å². The molecule has 0 spiro atoms. The summed E-state index contributed by atoms with van der Waals surface area (Å²) in [5.41, 5.74) is 1.10. The standard InChI is InChI=1S/C16H21NO2/c1-13(18)10-11-17(2)12-15-8-9-16(19-15)14-6-4-3-5-7-14/h3-9,13,18H,10-12H2,1-2H3. The first-order valence-corrected chi connectivity index (χ1v) is 6.66. The normalized spacial score (nSPS) is 12.8. The first kappa shape index (κ1) is 13.8. The van der Waals surface area contributed by atoms with E-state index in [9.17, 15) is 5.11 Å². The zero-order chi connectivity index (χ0) is 13.7. The van der Waals surface area contributed by atoms with Crippen LogP contribution in [0.2, 0.25) is 0 Å². The van der Waals surface area contributed by atoms with Crippen LogP contribution in [-0.4, -0.2) is 29.7 Å². The summed E-state index contributed by atoms with van der Waals surface area (Å²) in [6, 6.07) is 14.1. The summed E-state index contributed by atoms with van der Waals surface area (Å²) in [5.74, 6) is 1.85. The van der Waals surface area contributed by atoms with E-state index >= 15 is 0 Å². The second-order valence-corrected chi connectivity index (χ2v) is 5.01. The average Bonchev–Trinajstić information content (AvgIpc) is 2.86. The van der Waals surface area contributed by atoms with Crippen LogP contribution >= 0.6 is 0 Å². The van der Waals surface area contributed by atoms with Crippen LogP contribution in [-0.2, 0) is 6.54 Å². The Hall–Kier alpha value is -1.58. The van der Waals surface area contributed by atoms with Gasteiger partial charge in [-0.05, 0) is 32.5 Å². The second-order valence-electron chi connectivity index (χ2n) is 5.01. The van der Waals surface area contributed by atoms with Crippen molar-refractivity contribution in [2.45, 2.75) is 26.0 Å². The fraction of sp³-hybridized carbons (Fsp3) is 0.375. The summed E-state index contributed by atoms with van der Waals surface area (Å²) >= 11 is 0. The smallest absolute Gasteiger partial charge is 0.134 e. The predicted octanol–water partition coefficient (Wildman–Crippen LogP) is 3.15. The van der Waals surface area contributed by atoms with E-state index in [0.717, 1.165) is 36.6 Å². The van der Waals surface area contributed by atoms with Crippen LogP contribution in [0.1, 0.15) is 19.1 Å². The Morgan fingerprint density at radius 1 is 1.16 bits per heavy atom. The fourth-order valence-electron chi connectivity index (χ4n) is 1.97. The monoisotopic (exact) mass is 259 g/mol. The molecule has 0 radical (unpaired) electrons. The summed E-state index contributed by atoms with van der Waals surface area (Å²) in [5, 5.41) is 9.27. The molecule has 0 saturated heterocycles. The fourth-order valence-corrected chi connectivity index (χ4v) is 1.97. The number of hydrogen-bond acceptors (Lipinski definition) is 3. The Kier molecular flexibility index (Phi) is 4.77. The van der Waals surface area contributed by atoms with Crippen LogP contribution in [0.5, 0.6) is 0 Å². The van der Waals surface area contributed by atoms with Gasteiger partial charge in [0.15, 0.2) is 0 Å². The number of aliphatic hydroxyl groups excluding tert-OH is 1. The third-order valence-corrected chi connectivity index (χ3v) is 3.07. The number of furan rings is 1. The zero-order valence-electron chi connectivity index (χ0n) is 11.5. The van der Waals surface area contributed by atoms with E-state index in [1.54, 1.807) is 0 Å². The lowest BCUT2D eigenvalue weighted by atomic mass is 10.2. The minimum absolute atomic E-state index is 0.251. The number of aliphatic hydroxyl groups is 1. The van der Waals surface area contributed by atoms with Crippen LogP contribution in [0.25, 0.3) is 11.3 Å². The first-order valence-electron chi connectivity index (χ1n) is 6.66. The molecule has 1 atom stereocenters. The van der Waals surface area contributed by atoms with Gasteiger partial charge in [-0.15, -0.1) is 0 Å². The van der Waals surface area contributed by atoms with Crippen molar-refractivity contribution in [3.8, 4) is 11.3 Å². The van der Waals surface area contributed by atoms with Crippen molar-refractivity contribution in [2.75, 3.05) is 13.6 Å². The summed E-state index contributed by atoms with van der Waals surface area (Å²) in [4.78, 5) is 2.15. The highest BCUT2D eigenvalue weighted by Gasteiger charge is 2.07. The van der Waals surface area contributed by atoms with Gasteiger partial charge in [0, 0.05) is 12.1 Å². The molecule has 0 fully saturated rings. The van der Waals surface area contributed by atoms with Gasteiger partial charge in [0.1, 0.15) is 11.5 Å². The van der Waals surface area contributed by atoms with E-state index in [0.29, 0.717) is 0 Å². The Balaban J connectivity index is 1.94. The summed E-state index contributed by atoms with van der Waals surface area (Å²) < 4.78 is 5.84. The average molecular weight is 259 g/mol. The Morgan fingerprint density at radius 2 is 1.89 bits per heavy atom. The van der Waals surface area contributed by atoms with Gasteiger partial charge in [0.2, 0.25) is 0 Å². The Bertz CT molecular complexity index is 490. The summed E-state index contributed by atoms with van der Waals surface area (Å²) in [6.45, 7) is 3.44. The van der Waals surface area contributed by atoms with Gasteiger partial charge < -0.3 is 9.52 Å². The molecule has 1 aromatic heterocycles. The molecule has 3 heteroatoms. The third kappa shape index (κ3) is 4.23. The van der Waals surface area contributed by atoms with Gasteiger partial charge >= 0.3 is 0 Å². The highest BCUT2D eigenvalue weighted by Crippen LogP contribution is 2.22. The molecular weight excluding hydrogens is 238 g/mol. The Morgan fingerprint density at radius 3 is 2.58 bits per heavy atom. The molecule has 2 rings (SSSR count). The molecule has 1 N–H and O–H groups in total. The van der Waals surface area contributed by atoms with Crippen molar-refractivity contribution in [3.05, 3.63) is 48.2 Å². The van der Waals surface area contributed by atoms with Crippen molar-refractivity contribution >= 4 is 0 Å². The molecule has 1 unspecified atom stereocenters. The number of hydrogen-bond donors (Lipinski definition) is 1. The molecule has 1 heterocycles. The quantitative estimate of drug-likeness (QED) is 0.865. The zero-order valence-corrected chi connectivity index (χ0v) is 11.5. The maximum absolute atomic E-state index is 9.27. The third-order valence-electron chi connectivity index (χ3n) is 3.07. The second kappa shape index (κ2) is 6.55. The maximum Gasteiger partial charge on any atom is 0.134 e. The number of rotatable bonds is 6.